The molecule has 0 amide bonds. The van der Waals surface area contributed by atoms with E-state index < -0.39 is 6.10 Å². The summed E-state index contributed by atoms with van der Waals surface area (Å²) in [6, 6.07) is 11.0. The van der Waals surface area contributed by atoms with Crippen molar-refractivity contribution in [2.24, 2.45) is 0 Å². The van der Waals surface area contributed by atoms with E-state index in [1.807, 2.05) is 30.5 Å². The van der Waals surface area contributed by atoms with E-state index in [4.69, 9.17) is 9.47 Å². The van der Waals surface area contributed by atoms with Crippen LogP contribution in [0.25, 0.3) is 21.8 Å². The van der Waals surface area contributed by atoms with Crippen molar-refractivity contribution in [1.29, 1.82) is 0 Å². The number of aryl methyl sites for hydroxylation is 2. The Bertz CT molecular complexity index is 1590. The molecule has 2 aromatic heterocycles. The first-order chi connectivity index (χ1) is 18.8. The van der Waals surface area contributed by atoms with E-state index in [9.17, 15) is 9.90 Å². The van der Waals surface area contributed by atoms with Crippen LogP contribution in [0.4, 0.5) is 0 Å². The van der Waals surface area contributed by atoms with Gasteiger partial charge < -0.3 is 23.7 Å². The maximum Gasteiger partial charge on any atom is 0.340 e. The van der Waals surface area contributed by atoms with Gasteiger partial charge in [0, 0.05) is 47.3 Å². The lowest BCUT2D eigenvalue weighted by atomic mass is 9.89. The van der Waals surface area contributed by atoms with Crippen LogP contribution < -0.4 is 4.74 Å². The number of nitrogens with zero attached hydrogens (tertiary/aromatic N) is 3. The fourth-order valence-electron chi connectivity index (χ4n) is 6.88. The first kappa shape index (κ1) is 26.4. The average molecular weight is 595 g/mol. The fraction of sp³-hybridized carbons (Fsp3) is 0.452. The fourth-order valence-corrected chi connectivity index (χ4v) is 7.37. The molecule has 0 bridgehead atoms. The molecular formula is C31H36BrN3O4. The Balaban J connectivity index is 1.31. The van der Waals surface area contributed by atoms with Gasteiger partial charge in [-0.1, -0.05) is 11.6 Å². The number of methoxy groups -OCH3 is 1. The molecule has 206 valence electrons. The summed E-state index contributed by atoms with van der Waals surface area (Å²) in [5.41, 5.74) is 7.78. The molecule has 0 saturated carbocycles. The maximum absolute atomic E-state index is 13.0. The molecule has 6 rings (SSSR count). The summed E-state index contributed by atoms with van der Waals surface area (Å²) in [4.78, 5) is 15.4. The van der Waals surface area contributed by atoms with Gasteiger partial charge in [-0.2, -0.15) is 0 Å². The summed E-state index contributed by atoms with van der Waals surface area (Å²) in [6.45, 7) is 9.01. The topological polar surface area (TPSA) is 68.9 Å². The van der Waals surface area contributed by atoms with Crippen molar-refractivity contribution in [3.05, 3.63) is 62.9 Å². The minimum absolute atomic E-state index is 0.301. The van der Waals surface area contributed by atoms with Gasteiger partial charge in [0.05, 0.1) is 48.0 Å². The number of hydrogen-bond donors (Lipinski definition) is 1. The molecular weight excluding hydrogens is 558 g/mol. The standard InChI is InChI=1S/C31H36BrN3O4/c1-5-39-31(37)29-19(3)35(27-15-24(32)28(38-4)14-23(27)29)17-20(36)16-33-11-12-34-25-10-9-18(2)13-22(25)21-7-6-8-26(33)30(21)34/h9-10,13-15,20,26,36H,5-8,11-12,16-17H2,1-4H3/t20-,26-/m1/s1. The Morgan fingerprint density at radius 2 is 1.95 bits per heavy atom. The third kappa shape index (κ3) is 4.37. The highest BCUT2D eigenvalue weighted by molar-refractivity contribution is 9.10. The number of fused-ring (bicyclic) bond motifs is 4. The maximum atomic E-state index is 13.0. The lowest BCUT2D eigenvalue weighted by Crippen LogP contribution is -2.44. The number of carbonyl (C=O) groups is 1. The highest BCUT2D eigenvalue weighted by Crippen LogP contribution is 2.43. The Kier molecular flexibility index (Phi) is 6.98. The number of hydrogen-bond acceptors (Lipinski definition) is 5. The predicted molar refractivity (Wildman–Crippen MR) is 157 cm³/mol. The lowest BCUT2D eigenvalue weighted by molar-refractivity contribution is 0.0519. The van der Waals surface area contributed by atoms with E-state index in [-0.39, 0.29) is 5.97 Å². The van der Waals surface area contributed by atoms with Gasteiger partial charge >= 0.3 is 5.97 Å². The Morgan fingerprint density at radius 3 is 2.72 bits per heavy atom. The molecule has 1 aliphatic heterocycles. The molecule has 0 unspecified atom stereocenters. The number of β-amino-alcohol motifs (C(OH)–C–C–N with tert-alkyl or cyclic N) is 1. The van der Waals surface area contributed by atoms with Crippen LogP contribution in [0.2, 0.25) is 0 Å². The molecule has 1 aliphatic carbocycles. The van der Waals surface area contributed by atoms with Crippen LogP contribution in [-0.4, -0.2) is 58.0 Å². The second kappa shape index (κ2) is 10.3. The molecule has 8 heteroatoms. The normalized spacial score (nSPS) is 17.9. The number of aliphatic hydroxyl groups excluding tert-OH is 1. The van der Waals surface area contributed by atoms with Gasteiger partial charge in [-0.15, -0.1) is 0 Å². The van der Waals surface area contributed by atoms with E-state index in [1.165, 1.54) is 27.7 Å². The van der Waals surface area contributed by atoms with Gasteiger partial charge in [-0.05, 0) is 85.8 Å². The molecule has 39 heavy (non-hydrogen) atoms. The molecule has 3 heterocycles. The minimum atomic E-state index is -0.598. The number of halogens is 1. The smallest absolute Gasteiger partial charge is 0.340 e. The summed E-state index contributed by atoms with van der Waals surface area (Å²) in [5, 5.41) is 13.6. The van der Waals surface area contributed by atoms with Crippen LogP contribution in [0.3, 0.4) is 0 Å². The Labute approximate surface area is 237 Å². The summed E-state index contributed by atoms with van der Waals surface area (Å²) < 4.78 is 16.3. The predicted octanol–water partition coefficient (Wildman–Crippen LogP) is 5.91. The second-order valence-corrected chi connectivity index (χ2v) is 11.7. The van der Waals surface area contributed by atoms with Gasteiger partial charge in [-0.3, -0.25) is 4.90 Å². The average Bonchev–Trinajstić information content (AvgIpc) is 3.37. The van der Waals surface area contributed by atoms with Gasteiger partial charge in [0.25, 0.3) is 0 Å². The summed E-state index contributed by atoms with van der Waals surface area (Å²) in [6.07, 6.45) is 2.80. The van der Waals surface area contributed by atoms with Crippen LogP contribution in [0.1, 0.15) is 58.7 Å². The van der Waals surface area contributed by atoms with E-state index in [0.717, 1.165) is 53.4 Å². The summed E-state index contributed by atoms with van der Waals surface area (Å²) in [5.74, 6) is 0.296. The van der Waals surface area contributed by atoms with Crippen LogP contribution in [-0.2, 0) is 24.2 Å². The summed E-state index contributed by atoms with van der Waals surface area (Å²) in [7, 11) is 1.61. The molecule has 0 saturated heterocycles. The molecule has 0 radical (unpaired) electrons. The lowest BCUT2D eigenvalue weighted by Gasteiger charge is -2.40. The number of rotatable bonds is 7. The monoisotopic (exact) mass is 593 g/mol. The quantitative estimate of drug-likeness (QED) is 0.270. The third-order valence-electron chi connectivity index (χ3n) is 8.55. The summed E-state index contributed by atoms with van der Waals surface area (Å²) >= 11 is 3.60. The molecule has 2 aromatic carbocycles. The highest BCUT2D eigenvalue weighted by atomic mass is 79.9. The van der Waals surface area contributed by atoms with Crippen molar-refractivity contribution in [3.8, 4) is 5.75 Å². The van der Waals surface area contributed by atoms with Crippen LogP contribution in [0.5, 0.6) is 5.75 Å². The van der Waals surface area contributed by atoms with Crippen LogP contribution in [0.15, 0.2) is 34.8 Å². The van der Waals surface area contributed by atoms with E-state index in [1.54, 1.807) is 7.11 Å². The van der Waals surface area contributed by atoms with Crippen molar-refractivity contribution in [2.45, 2.75) is 65.3 Å². The molecule has 2 aliphatic rings. The molecule has 2 atom stereocenters. The van der Waals surface area contributed by atoms with E-state index >= 15 is 0 Å². The van der Waals surface area contributed by atoms with Gasteiger partial charge in [0.2, 0.25) is 0 Å². The number of esters is 1. The van der Waals surface area contributed by atoms with Gasteiger partial charge in [0.15, 0.2) is 0 Å². The van der Waals surface area contributed by atoms with Gasteiger partial charge in [-0.25, -0.2) is 4.79 Å². The largest absolute Gasteiger partial charge is 0.496 e. The van der Waals surface area contributed by atoms with Crippen molar-refractivity contribution in [3.63, 3.8) is 0 Å². The first-order valence-electron chi connectivity index (χ1n) is 13.9. The van der Waals surface area contributed by atoms with E-state index in [0.29, 0.717) is 37.1 Å². The molecule has 0 spiro atoms. The van der Waals surface area contributed by atoms with Crippen molar-refractivity contribution >= 4 is 43.7 Å². The Hall–Kier alpha value is -2.81. The zero-order valence-corrected chi connectivity index (χ0v) is 24.7. The molecule has 4 aromatic rings. The molecule has 7 nitrogen and oxygen atoms in total. The van der Waals surface area contributed by atoms with E-state index in [2.05, 4.69) is 50.5 Å². The second-order valence-electron chi connectivity index (χ2n) is 10.9. The van der Waals surface area contributed by atoms with Crippen LogP contribution in [0, 0.1) is 13.8 Å². The number of ether oxygens (including phenoxy) is 2. The van der Waals surface area contributed by atoms with Crippen LogP contribution >= 0.6 is 15.9 Å². The minimum Gasteiger partial charge on any atom is -0.496 e. The zero-order valence-electron chi connectivity index (χ0n) is 23.1. The highest BCUT2D eigenvalue weighted by Gasteiger charge is 2.35. The first-order valence-corrected chi connectivity index (χ1v) is 14.7. The SMILES string of the molecule is CCOC(=O)c1c(C)n(C[C@H](O)CN2CCn3c4c(c5cc(C)ccc53)CCC[C@H]42)c2cc(Br)c(OC)cc12. The number of aromatic nitrogens is 2. The number of benzene rings is 2. The molecule has 0 fully saturated rings. The molecule has 1 N–H and O–H groups in total. The Morgan fingerprint density at radius 1 is 1.13 bits per heavy atom. The van der Waals surface area contributed by atoms with Gasteiger partial charge in [0.1, 0.15) is 5.75 Å². The van der Waals surface area contributed by atoms with Crippen molar-refractivity contribution < 1.29 is 19.4 Å². The third-order valence-corrected chi connectivity index (χ3v) is 9.17. The zero-order chi connectivity index (χ0) is 27.4. The van der Waals surface area contributed by atoms with Crippen molar-refractivity contribution in [1.82, 2.24) is 14.0 Å². The number of carbonyl (C=O) groups excluding carboxylic acids is 1. The number of aliphatic hydroxyl groups is 1. The van der Waals surface area contributed by atoms with Crippen molar-refractivity contribution in [2.75, 3.05) is 26.8 Å².